The molecule has 206 valence electrons. The predicted molar refractivity (Wildman–Crippen MR) is 154 cm³/mol. The summed E-state index contributed by atoms with van der Waals surface area (Å²) in [4.78, 5) is 0. The Morgan fingerprint density at radius 1 is 0.857 bits per heavy atom. The summed E-state index contributed by atoms with van der Waals surface area (Å²) in [5.74, 6) is 4.33. The minimum absolute atomic E-state index is 0.224. The molecule has 0 aromatic heterocycles. The third-order valence-electron chi connectivity index (χ3n) is 7.05. The molecule has 2 rings (SSSR count). The van der Waals surface area contributed by atoms with Crippen LogP contribution in [0.5, 0.6) is 11.5 Å². The lowest BCUT2D eigenvalue weighted by Crippen LogP contribution is -2.34. The maximum absolute atomic E-state index is 6.57. The SMILES string of the molecule is CC.CCC.CCC(CC)c1ccc(OC(CC(C)C)OC2CCC(CC)C(CC)C2)c(OC)c1. The lowest BCUT2D eigenvalue weighted by molar-refractivity contribution is -0.145. The Morgan fingerprint density at radius 2 is 1.46 bits per heavy atom. The van der Waals surface area contributed by atoms with Gasteiger partial charge in [-0.3, -0.25) is 0 Å². The highest BCUT2D eigenvalue weighted by molar-refractivity contribution is 5.44. The average Bonchev–Trinajstić information content (AvgIpc) is 2.86. The van der Waals surface area contributed by atoms with Crippen molar-refractivity contribution in [1.82, 2.24) is 0 Å². The van der Waals surface area contributed by atoms with Crippen LogP contribution in [0.1, 0.15) is 139 Å². The predicted octanol–water partition coefficient (Wildman–Crippen LogP) is 10.4. The molecule has 1 saturated carbocycles. The Labute approximate surface area is 219 Å². The second-order valence-corrected chi connectivity index (χ2v) is 10.2. The number of rotatable bonds is 12. The summed E-state index contributed by atoms with van der Waals surface area (Å²) >= 11 is 0. The number of benzene rings is 1. The largest absolute Gasteiger partial charge is 0.493 e. The molecule has 3 nitrogen and oxygen atoms in total. The minimum atomic E-state index is -0.224. The Kier molecular flexibility index (Phi) is 19.2. The topological polar surface area (TPSA) is 27.7 Å². The van der Waals surface area contributed by atoms with E-state index in [1.54, 1.807) is 7.11 Å². The van der Waals surface area contributed by atoms with E-state index in [-0.39, 0.29) is 6.29 Å². The molecule has 1 aliphatic carbocycles. The van der Waals surface area contributed by atoms with Crippen molar-refractivity contribution < 1.29 is 14.2 Å². The number of ether oxygens (including phenoxy) is 3. The Bertz CT molecular complexity index is 623. The first kappa shape index (κ1) is 33.8. The van der Waals surface area contributed by atoms with Gasteiger partial charge in [-0.05, 0) is 73.5 Å². The van der Waals surface area contributed by atoms with Gasteiger partial charge in [0.2, 0.25) is 6.29 Å². The van der Waals surface area contributed by atoms with Crippen LogP contribution in [0.15, 0.2) is 18.2 Å². The fourth-order valence-corrected chi connectivity index (χ4v) is 5.11. The standard InChI is InChI=1S/C27H46O3.C3H8.C2H6/c1-8-20(9-2)23-13-15-25(26(18-23)28-7)30-27(16-19(5)6)29-24-14-12-21(10-3)22(11-4)17-24;1-3-2;1-2/h13,15,18-22,24,27H,8-12,14,16-17H2,1-7H3;3H2,1-2H3;1-2H3. The van der Waals surface area contributed by atoms with E-state index in [9.17, 15) is 0 Å². The first-order valence-electron chi connectivity index (χ1n) is 14.9. The summed E-state index contributed by atoms with van der Waals surface area (Å²) in [6, 6.07) is 6.42. The molecule has 0 radical (unpaired) electrons. The van der Waals surface area contributed by atoms with E-state index in [0.717, 1.165) is 55.4 Å². The van der Waals surface area contributed by atoms with Gasteiger partial charge in [-0.25, -0.2) is 0 Å². The van der Waals surface area contributed by atoms with Crippen molar-refractivity contribution in [2.75, 3.05) is 7.11 Å². The molecular formula is C32H60O3. The Hall–Kier alpha value is -1.22. The van der Waals surface area contributed by atoms with Gasteiger partial charge in [0.15, 0.2) is 11.5 Å². The van der Waals surface area contributed by atoms with Gasteiger partial charge in [-0.1, -0.05) is 94.6 Å². The summed E-state index contributed by atoms with van der Waals surface area (Å²) in [5, 5.41) is 0. The molecular weight excluding hydrogens is 432 g/mol. The van der Waals surface area contributed by atoms with Crippen molar-refractivity contribution in [3.05, 3.63) is 23.8 Å². The van der Waals surface area contributed by atoms with Gasteiger partial charge in [0.05, 0.1) is 13.2 Å². The highest BCUT2D eigenvalue weighted by atomic mass is 16.7. The normalized spacial score (nSPS) is 20.4. The van der Waals surface area contributed by atoms with Crippen LogP contribution in [-0.2, 0) is 4.74 Å². The molecule has 3 heteroatoms. The second kappa shape index (κ2) is 19.9. The Morgan fingerprint density at radius 3 is 1.94 bits per heavy atom. The highest BCUT2D eigenvalue weighted by Crippen LogP contribution is 2.38. The molecule has 0 saturated heterocycles. The van der Waals surface area contributed by atoms with E-state index < -0.39 is 0 Å². The number of hydrogen-bond acceptors (Lipinski definition) is 3. The first-order valence-corrected chi connectivity index (χ1v) is 14.9. The molecule has 1 aromatic rings. The molecule has 4 atom stereocenters. The van der Waals surface area contributed by atoms with E-state index in [1.807, 2.05) is 13.8 Å². The zero-order valence-electron chi connectivity index (χ0n) is 25.3. The van der Waals surface area contributed by atoms with Crippen LogP contribution in [-0.4, -0.2) is 19.5 Å². The molecule has 35 heavy (non-hydrogen) atoms. The smallest absolute Gasteiger partial charge is 0.200 e. The van der Waals surface area contributed by atoms with Gasteiger partial charge < -0.3 is 14.2 Å². The number of methoxy groups -OCH3 is 1. The summed E-state index contributed by atoms with van der Waals surface area (Å²) in [5.41, 5.74) is 1.33. The van der Waals surface area contributed by atoms with Gasteiger partial charge in [0.1, 0.15) is 0 Å². The highest BCUT2D eigenvalue weighted by Gasteiger charge is 2.31. The van der Waals surface area contributed by atoms with Gasteiger partial charge >= 0.3 is 0 Å². The number of hydrogen-bond donors (Lipinski definition) is 0. The van der Waals surface area contributed by atoms with Crippen molar-refractivity contribution in [1.29, 1.82) is 0 Å². The molecule has 0 aliphatic heterocycles. The third kappa shape index (κ3) is 12.0. The molecule has 4 unspecified atom stereocenters. The van der Waals surface area contributed by atoms with Gasteiger partial charge in [0, 0.05) is 6.42 Å². The van der Waals surface area contributed by atoms with Crippen LogP contribution in [0.2, 0.25) is 0 Å². The molecule has 0 amide bonds. The lowest BCUT2D eigenvalue weighted by Gasteiger charge is -2.37. The molecule has 0 spiro atoms. The monoisotopic (exact) mass is 492 g/mol. The van der Waals surface area contributed by atoms with Crippen LogP contribution in [0, 0.1) is 17.8 Å². The minimum Gasteiger partial charge on any atom is -0.493 e. The Balaban J connectivity index is 0.00000214. The van der Waals surface area contributed by atoms with E-state index >= 15 is 0 Å². The fourth-order valence-electron chi connectivity index (χ4n) is 5.11. The summed E-state index contributed by atoms with van der Waals surface area (Å²) in [6.45, 7) is 21.9. The summed E-state index contributed by atoms with van der Waals surface area (Å²) < 4.78 is 18.7. The van der Waals surface area contributed by atoms with Crippen molar-refractivity contribution in [3.8, 4) is 11.5 Å². The van der Waals surface area contributed by atoms with Gasteiger partial charge in [0.25, 0.3) is 0 Å². The quantitative estimate of drug-likeness (QED) is 0.272. The van der Waals surface area contributed by atoms with Gasteiger partial charge in [-0.2, -0.15) is 0 Å². The van der Waals surface area contributed by atoms with E-state index in [1.165, 1.54) is 31.2 Å². The van der Waals surface area contributed by atoms with Crippen LogP contribution >= 0.6 is 0 Å². The second-order valence-electron chi connectivity index (χ2n) is 10.2. The zero-order valence-corrected chi connectivity index (χ0v) is 25.3. The van der Waals surface area contributed by atoms with Crippen molar-refractivity contribution in [2.45, 2.75) is 145 Å². The molecule has 0 heterocycles. The van der Waals surface area contributed by atoms with Crippen LogP contribution in [0.4, 0.5) is 0 Å². The maximum atomic E-state index is 6.57. The molecule has 1 fully saturated rings. The average molecular weight is 493 g/mol. The summed E-state index contributed by atoms with van der Waals surface area (Å²) in [7, 11) is 1.73. The zero-order chi connectivity index (χ0) is 26.8. The summed E-state index contributed by atoms with van der Waals surface area (Å²) in [6.07, 6.45) is 10.6. The molecule has 0 bridgehead atoms. The third-order valence-corrected chi connectivity index (χ3v) is 7.05. The van der Waals surface area contributed by atoms with Crippen molar-refractivity contribution >= 4 is 0 Å². The fraction of sp³-hybridized carbons (Fsp3) is 0.812. The van der Waals surface area contributed by atoms with E-state index in [0.29, 0.717) is 17.9 Å². The van der Waals surface area contributed by atoms with Crippen LogP contribution < -0.4 is 9.47 Å². The molecule has 1 aliphatic rings. The van der Waals surface area contributed by atoms with Crippen molar-refractivity contribution in [3.63, 3.8) is 0 Å². The van der Waals surface area contributed by atoms with E-state index in [2.05, 4.69) is 73.6 Å². The van der Waals surface area contributed by atoms with E-state index in [4.69, 9.17) is 14.2 Å². The lowest BCUT2D eigenvalue weighted by atomic mass is 9.75. The van der Waals surface area contributed by atoms with Gasteiger partial charge in [-0.15, -0.1) is 0 Å². The van der Waals surface area contributed by atoms with Crippen molar-refractivity contribution in [2.24, 2.45) is 17.8 Å². The maximum Gasteiger partial charge on any atom is 0.200 e. The van der Waals surface area contributed by atoms with Crippen LogP contribution in [0.3, 0.4) is 0 Å². The first-order chi connectivity index (χ1) is 16.9. The molecule has 1 aromatic carbocycles. The van der Waals surface area contributed by atoms with Crippen LogP contribution in [0.25, 0.3) is 0 Å². The molecule has 0 N–H and O–H groups in total.